The maximum Gasteiger partial charge on any atom is 0.169 e. The summed E-state index contributed by atoms with van der Waals surface area (Å²) >= 11 is 0. The third-order valence-electron chi connectivity index (χ3n) is 6.98. The number of fused-ring (bicyclic) bond motifs is 2. The van der Waals surface area contributed by atoms with Gasteiger partial charge in [0.2, 0.25) is 0 Å². The Labute approximate surface area is 174 Å². The van der Waals surface area contributed by atoms with Crippen molar-refractivity contribution in [3.8, 4) is 5.75 Å². The highest BCUT2D eigenvalue weighted by Crippen LogP contribution is 2.46. The molecule has 0 radical (unpaired) electrons. The Kier molecular flexibility index (Phi) is 4.79. The molecule has 0 unspecified atom stereocenters. The molecule has 2 N–H and O–H groups in total. The van der Waals surface area contributed by atoms with E-state index in [9.17, 15) is 5.21 Å². The third-order valence-corrected chi connectivity index (χ3v) is 6.98. The van der Waals surface area contributed by atoms with Crippen LogP contribution in [-0.4, -0.2) is 41.4 Å². The van der Waals surface area contributed by atoms with Gasteiger partial charge in [-0.2, -0.15) is 0 Å². The molecule has 1 aromatic carbocycles. The van der Waals surface area contributed by atoms with Gasteiger partial charge in [-0.05, 0) is 43.6 Å². The number of anilines is 1. The van der Waals surface area contributed by atoms with Crippen LogP contribution in [-0.2, 0) is 0 Å². The fourth-order valence-electron chi connectivity index (χ4n) is 5.46. The molecule has 2 aliphatic carbocycles. The number of aromatic nitrogens is 1. The lowest BCUT2D eigenvalue weighted by molar-refractivity contribution is 0.299. The standard InChI is InChI=1S/C22H27FN4O3/c1-30-22-20-17(19(25-29)15(9-24-28)12-27(20)16-6-7-16)8-18(23)21(22)26-10-13-4-2-3-5-14(13)11-26/h8-9,12-14,16,28-29H,2-7,10-11H2,1H3/b24-9+,25-19-/t13-,14+. The number of methoxy groups -OCH3 is 1. The number of nitrogens with zero attached hydrogens (tertiary/aromatic N) is 4. The molecule has 3 aliphatic rings. The molecule has 0 spiro atoms. The molecule has 1 aliphatic heterocycles. The molecule has 7 nitrogen and oxygen atoms in total. The first-order valence-corrected chi connectivity index (χ1v) is 10.7. The van der Waals surface area contributed by atoms with Crippen LogP contribution in [0.25, 0.3) is 10.9 Å². The van der Waals surface area contributed by atoms with Gasteiger partial charge in [-0.15, -0.1) is 0 Å². The zero-order valence-electron chi connectivity index (χ0n) is 17.1. The topological polar surface area (TPSA) is 82.6 Å². The lowest BCUT2D eigenvalue weighted by atomic mass is 9.82. The fraction of sp³-hybridized carbons (Fsp3) is 0.545. The van der Waals surface area contributed by atoms with E-state index in [2.05, 4.69) is 15.2 Å². The predicted molar refractivity (Wildman–Crippen MR) is 111 cm³/mol. The molecule has 5 rings (SSSR count). The summed E-state index contributed by atoms with van der Waals surface area (Å²) < 4.78 is 23.4. The van der Waals surface area contributed by atoms with Gasteiger partial charge in [0, 0.05) is 36.3 Å². The van der Waals surface area contributed by atoms with Crippen molar-refractivity contribution < 1.29 is 19.5 Å². The van der Waals surface area contributed by atoms with Gasteiger partial charge in [-0.1, -0.05) is 23.2 Å². The van der Waals surface area contributed by atoms with Crippen LogP contribution in [0.4, 0.5) is 10.1 Å². The third kappa shape index (κ3) is 3.00. The van der Waals surface area contributed by atoms with Crippen molar-refractivity contribution in [2.75, 3.05) is 25.1 Å². The first-order valence-electron chi connectivity index (χ1n) is 10.7. The molecular weight excluding hydrogens is 387 g/mol. The van der Waals surface area contributed by atoms with Crippen LogP contribution in [0.5, 0.6) is 5.75 Å². The van der Waals surface area contributed by atoms with E-state index in [1.165, 1.54) is 38.0 Å². The van der Waals surface area contributed by atoms with E-state index >= 15 is 4.39 Å². The predicted octanol–water partition coefficient (Wildman–Crippen LogP) is 3.85. The van der Waals surface area contributed by atoms with Gasteiger partial charge in [0.05, 0.1) is 18.8 Å². The van der Waals surface area contributed by atoms with Gasteiger partial charge in [-0.25, -0.2) is 4.39 Å². The van der Waals surface area contributed by atoms with Gasteiger partial charge in [-0.3, -0.25) is 0 Å². The molecule has 2 atom stereocenters. The Balaban J connectivity index is 1.75. The summed E-state index contributed by atoms with van der Waals surface area (Å²) in [6.07, 6.45) is 9.94. The molecule has 30 heavy (non-hydrogen) atoms. The molecule has 160 valence electrons. The lowest BCUT2D eigenvalue weighted by Crippen LogP contribution is -2.24. The minimum atomic E-state index is -0.386. The van der Waals surface area contributed by atoms with Gasteiger partial charge in [0.1, 0.15) is 11.0 Å². The van der Waals surface area contributed by atoms with Crippen LogP contribution < -0.4 is 15.0 Å². The van der Waals surface area contributed by atoms with E-state index < -0.39 is 0 Å². The first-order chi connectivity index (χ1) is 14.7. The highest BCUT2D eigenvalue weighted by atomic mass is 19.1. The Morgan fingerprint density at radius 3 is 2.40 bits per heavy atom. The molecule has 1 saturated heterocycles. The number of pyridine rings is 1. The number of hydrogen-bond donors (Lipinski definition) is 2. The number of benzene rings is 1. The van der Waals surface area contributed by atoms with E-state index in [1.807, 2.05) is 4.57 Å². The minimum absolute atomic E-state index is 0.165. The van der Waals surface area contributed by atoms with Crippen LogP contribution in [0.1, 0.15) is 50.1 Å². The van der Waals surface area contributed by atoms with Crippen LogP contribution >= 0.6 is 0 Å². The molecule has 2 saturated carbocycles. The highest BCUT2D eigenvalue weighted by Gasteiger charge is 2.37. The van der Waals surface area contributed by atoms with Crippen molar-refractivity contribution in [1.82, 2.24) is 4.57 Å². The van der Waals surface area contributed by atoms with E-state index in [0.717, 1.165) is 25.9 Å². The SMILES string of the molecule is COc1c(N2C[C@H]3CCCC[C@H]3C2)c(F)cc2/c(=N\O)c(/C=N/O)cn(C3CC3)c12. The minimum Gasteiger partial charge on any atom is -0.492 e. The maximum atomic E-state index is 15.5. The van der Waals surface area contributed by atoms with Crippen molar-refractivity contribution in [1.29, 1.82) is 0 Å². The van der Waals surface area contributed by atoms with E-state index in [0.29, 0.717) is 39.7 Å². The van der Waals surface area contributed by atoms with Gasteiger partial charge in [0.25, 0.3) is 0 Å². The molecule has 8 heteroatoms. The average molecular weight is 414 g/mol. The lowest BCUT2D eigenvalue weighted by Gasteiger charge is -2.25. The summed E-state index contributed by atoms with van der Waals surface area (Å²) in [5, 5.41) is 25.8. The normalized spacial score (nSPS) is 24.7. The Morgan fingerprint density at radius 1 is 1.13 bits per heavy atom. The second-order valence-electron chi connectivity index (χ2n) is 8.76. The second kappa shape index (κ2) is 7.49. The molecule has 2 aromatic rings. The number of halogens is 1. The summed E-state index contributed by atoms with van der Waals surface area (Å²) in [7, 11) is 1.57. The van der Waals surface area contributed by atoms with Crippen molar-refractivity contribution >= 4 is 22.8 Å². The summed E-state index contributed by atoms with van der Waals surface area (Å²) in [6, 6.07) is 1.69. The van der Waals surface area contributed by atoms with Crippen LogP contribution in [0, 0.1) is 17.7 Å². The summed E-state index contributed by atoms with van der Waals surface area (Å²) in [5.74, 6) is 1.32. The number of hydrogen-bond acceptors (Lipinski definition) is 6. The molecule has 0 bridgehead atoms. The van der Waals surface area contributed by atoms with Gasteiger partial charge >= 0.3 is 0 Å². The van der Waals surface area contributed by atoms with Crippen LogP contribution in [0.2, 0.25) is 0 Å². The monoisotopic (exact) mass is 414 g/mol. The fourth-order valence-corrected chi connectivity index (χ4v) is 5.46. The van der Waals surface area contributed by atoms with E-state index in [-0.39, 0.29) is 17.2 Å². The smallest absolute Gasteiger partial charge is 0.169 e. The molecule has 3 fully saturated rings. The number of oxime groups is 1. The number of ether oxygens (including phenoxy) is 1. The van der Waals surface area contributed by atoms with E-state index in [4.69, 9.17) is 9.94 Å². The zero-order valence-corrected chi connectivity index (χ0v) is 17.1. The van der Waals surface area contributed by atoms with Crippen molar-refractivity contribution in [2.45, 2.75) is 44.6 Å². The van der Waals surface area contributed by atoms with Crippen LogP contribution in [0.3, 0.4) is 0 Å². The molecule has 1 aromatic heterocycles. The summed E-state index contributed by atoms with van der Waals surface area (Å²) in [6.45, 7) is 1.69. The van der Waals surface area contributed by atoms with E-state index in [1.54, 1.807) is 13.3 Å². The summed E-state index contributed by atoms with van der Waals surface area (Å²) in [4.78, 5) is 2.14. The average Bonchev–Trinajstić information content (AvgIpc) is 3.50. The Morgan fingerprint density at radius 2 is 1.83 bits per heavy atom. The summed E-state index contributed by atoms with van der Waals surface area (Å²) in [5.41, 5.74) is 1.64. The zero-order chi connectivity index (χ0) is 20.8. The molecular formula is C22H27FN4O3. The largest absolute Gasteiger partial charge is 0.492 e. The first kappa shape index (κ1) is 19.2. The quantitative estimate of drug-likeness (QED) is 0.452. The van der Waals surface area contributed by atoms with Crippen LogP contribution in [0.15, 0.2) is 22.6 Å². The van der Waals surface area contributed by atoms with Gasteiger partial charge in [0.15, 0.2) is 11.6 Å². The van der Waals surface area contributed by atoms with Gasteiger partial charge < -0.3 is 24.6 Å². The number of rotatable bonds is 4. The molecule has 0 amide bonds. The Hall–Kier alpha value is -2.77. The highest BCUT2D eigenvalue weighted by molar-refractivity contribution is 5.95. The maximum absolute atomic E-state index is 15.5. The Bertz CT molecular complexity index is 1060. The van der Waals surface area contributed by atoms with Crippen molar-refractivity contribution in [3.05, 3.63) is 29.0 Å². The second-order valence-corrected chi connectivity index (χ2v) is 8.76. The van der Waals surface area contributed by atoms with Crippen molar-refractivity contribution in [3.63, 3.8) is 0 Å². The van der Waals surface area contributed by atoms with Crippen molar-refractivity contribution in [2.24, 2.45) is 22.1 Å². The molecule has 2 heterocycles.